The molecule has 2 aliphatic rings. The van der Waals surface area contributed by atoms with Crippen molar-refractivity contribution in [1.82, 2.24) is 5.32 Å². The van der Waals surface area contributed by atoms with E-state index in [4.69, 9.17) is 21.1 Å². The molecule has 2 N–H and O–H groups in total. The lowest BCUT2D eigenvalue weighted by Crippen LogP contribution is -2.25. The summed E-state index contributed by atoms with van der Waals surface area (Å²) in [6, 6.07) is 10.2. The van der Waals surface area contributed by atoms with E-state index in [1.165, 1.54) is 6.07 Å². The van der Waals surface area contributed by atoms with Gasteiger partial charge in [-0.1, -0.05) is 17.7 Å². The second-order valence-corrected chi connectivity index (χ2v) is 6.67. The van der Waals surface area contributed by atoms with Crippen LogP contribution < -0.4 is 20.1 Å². The molecule has 0 aromatic heterocycles. The van der Waals surface area contributed by atoms with Crippen molar-refractivity contribution >= 4 is 29.1 Å². The van der Waals surface area contributed by atoms with Gasteiger partial charge < -0.3 is 20.1 Å². The lowest BCUT2D eigenvalue weighted by atomic mass is 10.1. The first-order chi connectivity index (χ1) is 12.6. The van der Waals surface area contributed by atoms with E-state index in [0.29, 0.717) is 46.5 Å². The lowest BCUT2D eigenvalue weighted by Gasteiger charge is -2.20. The summed E-state index contributed by atoms with van der Waals surface area (Å²) in [5.41, 5.74) is 1.39. The number of fused-ring (bicyclic) bond motifs is 1. The number of carbonyl (C=O) groups excluding carboxylic acids is 2. The number of rotatable bonds is 4. The van der Waals surface area contributed by atoms with E-state index in [-0.39, 0.29) is 17.9 Å². The standard InChI is InChI=1S/C19H17ClN2O4/c20-15-9-12(10-16-17(15)26-7-6-25-16)19(24)22-14-3-1-2-11(8-14)18(23)21-13-4-5-13/h1-3,8-10,13H,4-7H2,(H,21,23)(H,22,24). The van der Waals surface area contributed by atoms with E-state index >= 15 is 0 Å². The van der Waals surface area contributed by atoms with Gasteiger partial charge in [-0.2, -0.15) is 0 Å². The van der Waals surface area contributed by atoms with Crippen LogP contribution in [0.2, 0.25) is 5.02 Å². The third kappa shape index (κ3) is 3.60. The van der Waals surface area contributed by atoms with Crippen LogP contribution in [-0.2, 0) is 0 Å². The zero-order valence-electron chi connectivity index (χ0n) is 13.9. The summed E-state index contributed by atoms with van der Waals surface area (Å²) in [6.45, 7) is 0.834. The van der Waals surface area contributed by atoms with Crippen LogP contribution in [0, 0.1) is 0 Å². The van der Waals surface area contributed by atoms with Crippen molar-refractivity contribution in [3.63, 3.8) is 0 Å². The van der Waals surface area contributed by atoms with Crippen LogP contribution in [0.5, 0.6) is 11.5 Å². The van der Waals surface area contributed by atoms with Crippen LogP contribution in [0.25, 0.3) is 0 Å². The molecule has 6 nitrogen and oxygen atoms in total. The molecule has 0 bridgehead atoms. The van der Waals surface area contributed by atoms with E-state index in [1.807, 2.05) is 0 Å². The molecule has 1 saturated carbocycles. The molecule has 1 aliphatic heterocycles. The number of ether oxygens (including phenoxy) is 2. The van der Waals surface area contributed by atoms with Crippen molar-refractivity contribution in [1.29, 1.82) is 0 Å². The Kier molecular flexibility index (Phi) is 4.42. The van der Waals surface area contributed by atoms with Crippen LogP contribution in [0.3, 0.4) is 0 Å². The van der Waals surface area contributed by atoms with Gasteiger partial charge in [0.15, 0.2) is 11.5 Å². The molecule has 0 spiro atoms. The molecule has 7 heteroatoms. The molecule has 1 fully saturated rings. The first-order valence-electron chi connectivity index (χ1n) is 8.41. The molecule has 2 aromatic carbocycles. The number of carbonyl (C=O) groups is 2. The van der Waals surface area contributed by atoms with E-state index in [9.17, 15) is 9.59 Å². The number of halogens is 1. The van der Waals surface area contributed by atoms with Gasteiger partial charge in [0, 0.05) is 22.9 Å². The highest BCUT2D eigenvalue weighted by atomic mass is 35.5. The Morgan fingerprint density at radius 3 is 2.62 bits per heavy atom. The lowest BCUT2D eigenvalue weighted by molar-refractivity contribution is 0.0949. The maximum Gasteiger partial charge on any atom is 0.255 e. The highest BCUT2D eigenvalue weighted by Crippen LogP contribution is 2.38. The van der Waals surface area contributed by atoms with Crippen molar-refractivity contribution in [2.45, 2.75) is 18.9 Å². The monoisotopic (exact) mass is 372 g/mol. The molecule has 0 radical (unpaired) electrons. The summed E-state index contributed by atoms with van der Waals surface area (Å²) in [7, 11) is 0. The van der Waals surface area contributed by atoms with Gasteiger partial charge in [-0.05, 0) is 43.2 Å². The van der Waals surface area contributed by atoms with Crippen molar-refractivity contribution in [2.75, 3.05) is 18.5 Å². The molecule has 26 heavy (non-hydrogen) atoms. The van der Waals surface area contributed by atoms with E-state index < -0.39 is 0 Å². The predicted octanol–water partition coefficient (Wildman–Crippen LogP) is 3.26. The van der Waals surface area contributed by atoms with Gasteiger partial charge in [-0.15, -0.1) is 0 Å². The minimum Gasteiger partial charge on any atom is -0.486 e. The minimum absolute atomic E-state index is 0.133. The minimum atomic E-state index is -0.344. The van der Waals surface area contributed by atoms with Crippen molar-refractivity contribution < 1.29 is 19.1 Å². The number of amides is 2. The van der Waals surface area contributed by atoms with Crippen LogP contribution in [0.1, 0.15) is 33.6 Å². The Hall–Kier alpha value is -2.73. The Bertz CT molecular complexity index is 880. The summed E-state index contributed by atoms with van der Waals surface area (Å²) in [5, 5.41) is 6.03. The third-order valence-electron chi connectivity index (χ3n) is 4.15. The first kappa shape index (κ1) is 16.7. The summed E-state index contributed by atoms with van der Waals surface area (Å²) in [4.78, 5) is 24.7. The van der Waals surface area contributed by atoms with Gasteiger partial charge in [-0.25, -0.2) is 0 Å². The Morgan fingerprint density at radius 2 is 1.81 bits per heavy atom. The number of nitrogens with one attached hydrogen (secondary N) is 2. The quantitative estimate of drug-likeness (QED) is 0.863. The normalized spacial score (nSPS) is 15.3. The third-order valence-corrected chi connectivity index (χ3v) is 4.43. The molecular formula is C19H17ClN2O4. The van der Waals surface area contributed by atoms with Gasteiger partial charge in [0.05, 0.1) is 5.02 Å². The van der Waals surface area contributed by atoms with Crippen molar-refractivity contribution in [3.05, 3.63) is 52.5 Å². The fourth-order valence-electron chi connectivity index (χ4n) is 2.68. The molecule has 0 atom stereocenters. The number of hydrogen-bond acceptors (Lipinski definition) is 4. The first-order valence-corrected chi connectivity index (χ1v) is 8.79. The van der Waals surface area contributed by atoms with E-state index in [0.717, 1.165) is 12.8 Å². The van der Waals surface area contributed by atoms with Crippen molar-refractivity contribution in [2.24, 2.45) is 0 Å². The van der Waals surface area contributed by atoms with Gasteiger partial charge in [0.2, 0.25) is 0 Å². The summed E-state index contributed by atoms with van der Waals surface area (Å²) < 4.78 is 10.9. The molecular weight excluding hydrogens is 356 g/mol. The molecule has 0 unspecified atom stereocenters. The molecule has 1 heterocycles. The highest BCUT2D eigenvalue weighted by molar-refractivity contribution is 6.32. The topological polar surface area (TPSA) is 76.7 Å². The Balaban J connectivity index is 1.51. The Morgan fingerprint density at radius 1 is 1.00 bits per heavy atom. The smallest absolute Gasteiger partial charge is 0.255 e. The zero-order valence-corrected chi connectivity index (χ0v) is 14.6. The maximum atomic E-state index is 12.6. The number of anilines is 1. The van der Waals surface area contributed by atoms with Gasteiger partial charge in [0.25, 0.3) is 11.8 Å². The summed E-state index contributed by atoms with van der Waals surface area (Å²) in [5.74, 6) is 0.425. The largest absolute Gasteiger partial charge is 0.486 e. The molecule has 1 aliphatic carbocycles. The Labute approximate surface area is 155 Å². The SMILES string of the molecule is O=C(Nc1cccc(C(=O)NC2CC2)c1)c1cc(Cl)c2c(c1)OCCO2. The molecule has 134 valence electrons. The van der Waals surface area contributed by atoms with Gasteiger partial charge >= 0.3 is 0 Å². The number of hydrogen-bond donors (Lipinski definition) is 2. The van der Waals surface area contributed by atoms with E-state index in [1.54, 1.807) is 30.3 Å². The molecule has 2 aromatic rings. The average Bonchev–Trinajstić information content (AvgIpc) is 3.46. The van der Waals surface area contributed by atoms with Crippen LogP contribution >= 0.6 is 11.6 Å². The second-order valence-electron chi connectivity index (χ2n) is 6.26. The van der Waals surface area contributed by atoms with E-state index in [2.05, 4.69) is 10.6 Å². The predicted molar refractivity (Wildman–Crippen MR) is 97.3 cm³/mol. The van der Waals surface area contributed by atoms with Crippen LogP contribution in [0.4, 0.5) is 5.69 Å². The van der Waals surface area contributed by atoms with Gasteiger partial charge in [-0.3, -0.25) is 9.59 Å². The average molecular weight is 373 g/mol. The number of benzene rings is 2. The van der Waals surface area contributed by atoms with Gasteiger partial charge in [0.1, 0.15) is 13.2 Å². The highest BCUT2D eigenvalue weighted by Gasteiger charge is 2.24. The molecule has 4 rings (SSSR count). The fourth-order valence-corrected chi connectivity index (χ4v) is 2.95. The fraction of sp³-hybridized carbons (Fsp3) is 0.263. The van der Waals surface area contributed by atoms with Crippen LogP contribution in [-0.4, -0.2) is 31.1 Å². The molecule has 2 amide bonds. The second kappa shape index (κ2) is 6.88. The summed E-state index contributed by atoms with van der Waals surface area (Å²) >= 11 is 6.18. The van der Waals surface area contributed by atoms with Crippen molar-refractivity contribution in [3.8, 4) is 11.5 Å². The summed E-state index contributed by atoms with van der Waals surface area (Å²) in [6.07, 6.45) is 2.04. The van der Waals surface area contributed by atoms with Crippen LogP contribution in [0.15, 0.2) is 36.4 Å². The maximum absolute atomic E-state index is 12.6. The molecule has 0 saturated heterocycles. The zero-order chi connectivity index (χ0) is 18.1.